The molecule has 0 bridgehead atoms. The van der Waals surface area contributed by atoms with Gasteiger partial charge in [0.1, 0.15) is 6.33 Å². The van der Waals surface area contributed by atoms with Gasteiger partial charge in [-0.2, -0.15) is 0 Å². The molecule has 0 spiro atoms. The highest BCUT2D eigenvalue weighted by atomic mass is 35.5. The van der Waals surface area contributed by atoms with Crippen LogP contribution in [0.2, 0.25) is 0 Å². The number of aromatic nitrogens is 2. The molecule has 1 aromatic heterocycles. The van der Waals surface area contributed by atoms with Crippen LogP contribution in [0.4, 0.5) is 0 Å². The van der Waals surface area contributed by atoms with Crippen molar-refractivity contribution in [3.05, 3.63) is 30.4 Å². The molecule has 0 aromatic carbocycles. The van der Waals surface area contributed by atoms with E-state index in [0.29, 0.717) is 0 Å². The van der Waals surface area contributed by atoms with Gasteiger partial charge in [-0.1, -0.05) is 6.08 Å². The molecule has 0 saturated heterocycles. The van der Waals surface area contributed by atoms with Crippen LogP contribution in [-0.2, 0) is 0 Å². The largest absolute Gasteiger partial charge is 0.313 e. The van der Waals surface area contributed by atoms with Crippen LogP contribution in [0, 0.1) is 0 Å². The molecule has 1 N–H and O–H groups in total. The fourth-order valence-corrected chi connectivity index (χ4v) is 1.34. The lowest BCUT2D eigenvalue weighted by Crippen LogP contribution is -2.20. The predicted molar refractivity (Wildman–Crippen MR) is 54.7 cm³/mol. The average molecular weight is 198 g/mol. The Bertz CT molecular complexity index is 284. The third-order valence-corrected chi connectivity index (χ3v) is 1.97. The molecule has 0 saturated carbocycles. The Balaban J connectivity index is 0.000000845. The van der Waals surface area contributed by atoms with E-state index in [1.165, 1.54) is 5.57 Å². The molecule has 0 atom stereocenters. The van der Waals surface area contributed by atoms with Crippen LogP contribution >= 0.6 is 12.4 Å². The normalized spacial score (nSPS) is 15.8. The summed E-state index contributed by atoms with van der Waals surface area (Å²) in [5.41, 5.74) is 2.39. The zero-order chi connectivity index (χ0) is 8.23. The summed E-state index contributed by atoms with van der Waals surface area (Å²) in [5.74, 6) is 0. The zero-order valence-electron chi connectivity index (χ0n) is 7.23. The minimum absolute atomic E-state index is 0. The maximum absolute atomic E-state index is 4.20. The monoisotopic (exact) mass is 197 g/mol. The lowest BCUT2D eigenvalue weighted by Gasteiger charge is -2.12. The van der Waals surface area contributed by atoms with E-state index in [0.717, 1.165) is 25.2 Å². The quantitative estimate of drug-likeness (QED) is 0.737. The summed E-state index contributed by atoms with van der Waals surface area (Å²) in [5, 5.41) is 3.26. The second-order valence-corrected chi connectivity index (χ2v) is 2.78. The Hall–Kier alpha value is -0.930. The molecular formula is C9H12ClN3. The van der Waals surface area contributed by atoms with Gasteiger partial charge in [0.2, 0.25) is 0 Å². The molecule has 0 amide bonds. The van der Waals surface area contributed by atoms with Crippen LogP contribution in [0.25, 0.3) is 5.57 Å². The van der Waals surface area contributed by atoms with Gasteiger partial charge >= 0.3 is 0 Å². The molecule has 0 fully saturated rings. The molecule has 1 aliphatic rings. The summed E-state index contributed by atoms with van der Waals surface area (Å²) in [4.78, 5) is 8.08. The summed E-state index contributed by atoms with van der Waals surface area (Å²) >= 11 is 0. The zero-order valence-corrected chi connectivity index (χ0v) is 8.05. The van der Waals surface area contributed by atoms with Gasteiger partial charge in [-0.05, 0) is 24.6 Å². The summed E-state index contributed by atoms with van der Waals surface area (Å²) in [6.07, 6.45) is 6.63. The summed E-state index contributed by atoms with van der Waals surface area (Å²) in [7, 11) is 0. The van der Waals surface area contributed by atoms with Gasteiger partial charge in [-0.25, -0.2) is 9.97 Å². The van der Waals surface area contributed by atoms with E-state index in [2.05, 4.69) is 21.4 Å². The van der Waals surface area contributed by atoms with Crippen molar-refractivity contribution in [3.63, 3.8) is 0 Å². The number of nitrogens with zero attached hydrogens (tertiary/aromatic N) is 2. The number of nitrogens with one attached hydrogen (secondary N) is 1. The Morgan fingerprint density at radius 1 is 1.38 bits per heavy atom. The molecule has 0 unspecified atom stereocenters. The molecule has 0 aliphatic carbocycles. The van der Waals surface area contributed by atoms with Crippen LogP contribution in [0.5, 0.6) is 0 Å². The lowest BCUT2D eigenvalue weighted by atomic mass is 10.1. The van der Waals surface area contributed by atoms with Crippen molar-refractivity contribution < 1.29 is 0 Å². The Labute approximate surface area is 83.7 Å². The molecule has 70 valence electrons. The molecule has 13 heavy (non-hydrogen) atoms. The van der Waals surface area contributed by atoms with Crippen molar-refractivity contribution in [1.29, 1.82) is 0 Å². The first kappa shape index (κ1) is 10.2. The number of hydrogen-bond acceptors (Lipinski definition) is 3. The molecule has 2 heterocycles. The maximum Gasteiger partial charge on any atom is 0.116 e. The van der Waals surface area contributed by atoms with Crippen molar-refractivity contribution in [1.82, 2.24) is 15.3 Å². The van der Waals surface area contributed by atoms with Crippen LogP contribution in [-0.4, -0.2) is 23.1 Å². The van der Waals surface area contributed by atoms with Gasteiger partial charge in [-0.3, -0.25) is 0 Å². The van der Waals surface area contributed by atoms with Gasteiger partial charge in [0.15, 0.2) is 0 Å². The minimum atomic E-state index is 0. The highest BCUT2D eigenvalue weighted by molar-refractivity contribution is 5.85. The highest BCUT2D eigenvalue weighted by Crippen LogP contribution is 2.15. The first-order valence-electron chi connectivity index (χ1n) is 4.13. The third-order valence-electron chi connectivity index (χ3n) is 1.97. The average Bonchev–Trinajstić information content (AvgIpc) is 2.21. The van der Waals surface area contributed by atoms with E-state index in [1.807, 2.05) is 6.07 Å². The third kappa shape index (κ3) is 2.50. The number of hydrogen-bond donors (Lipinski definition) is 1. The van der Waals surface area contributed by atoms with Crippen molar-refractivity contribution in [2.45, 2.75) is 6.42 Å². The van der Waals surface area contributed by atoms with Crippen LogP contribution in [0.1, 0.15) is 12.1 Å². The smallest absolute Gasteiger partial charge is 0.116 e. The second-order valence-electron chi connectivity index (χ2n) is 2.78. The summed E-state index contributed by atoms with van der Waals surface area (Å²) < 4.78 is 0. The van der Waals surface area contributed by atoms with Crippen molar-refractivity contribution in [2.75, 3.05) is 13.1 Å². The van der Waals surface area contributed by atoms with Crippen molar-refractivity contribution in [2.24, 2.45) is 0 Å². The standard InChI is InChI=1S/C9H11N3.ClH/c1-4-10-5-2-8(1)9-3-6-11-7-12-9;/h1,3,6-7,10H,2,4-5H2;1H. The highest BCUT2D eigenvalue weighted by Gasteiger charge is 2.05. The summed E-state index contributed by atoms with van der Waals surface area (Å²) in [6.45, 7) is 2.01. The van der Waals surface area contributed by atoms with E-state index in [4.69, 9.17) is 0 Å². The van der Waals surface area contributed by atoms with Crippen molar-refractivity contribution in [3.8, 4) is 0 Å². The molecule has 1 aromatic rings. The van der Waals surface area contributed by atoms with E-state index < -0.39 is 0 Å². The predicted octanol–water partition coefficient (Wildman–Crippen LogP) is 1.28. The topological polar surface area (TPSA) is 37.8 Å². The molecule has 0 radical (unpaired) electrons. The first-order chi connectivity index (χ1) is 5.97. The summed E-state index contributed by atoms with van der Waals surface area (Å²) in [6, 6.07) is 1.96. The fraction of sp³-hybridized carbons (Fsp3) is 0.333. The van der Waals surface area contributed by atoms with Gasteiger partial charge < -0.3 is 5.32 Å². The molecule has 2 rings (SSSR count). The Morgan fingerprint density at radius 3 is 2.92 bits per heavy atom. The van der Waals surface area contributed by atoms with Gasteiger partial charge in [-0.15, -0.1) is 12.4 Å². The van der Waals surface area contributed by atoms with Crippen LogP contribution in [0.15, 0.2) is 24.7 Å². The minimum Gasteiger partial charge on any atom is -0.313 e. The van der Waals surface area contributed by atoms with E-state index in [-0.39, 0.29) is 12.4 Å². The lowest BCUT2D eigenvalue weighted by molar-refractivity contribution is 0.736. The maximum atomic E-state index is 4.20. The van der Waals surface area contributed by atoms with Gasteiger partial charge in [0.25, 0.3) is 0 Å². The fourth-order valence-electron chi connectivity index (χ4n) is 1.34. The van der Waals surface area contributed by atoms with Gasteiger partial charge in [0, 0.05) is 12.7 Å². The SMILES string of the molecule is C1=C(c2ccncn2)CCNC1.Cl. The van der Waals surface area contributed by atoms with E-state index >= 15 is 0 Å². The molecule has 3 nitrogen and oxygen atoms in total. The first-order valence-corrected chi connectivity index (χ1v) is 4.13. The molecular weight excluding hydrogens is 186 g/mol. The van der Waals surface area contributed by atoms with E-state index in [9.17, 15) is 0 Å². The van der Waals surface area contributed by atoms with E-state index in [1.54, 1.807) is 12.5 Å². The molecule has 4 heteroatoms. The van der Waals surface area contributed by atoms with Crippen molar-refractivity contribution >= 4 is 18.0 Å². The Morgan fingerprint density at radius 2 is 2.31 bits per heavy atom. The number of halogens is 1. The second kappa shape index (κ2) is 4.94. The van der Waals surface area contributed by atoms with Crippen LogP contribution < -0.4 is 5.32 Å². The van der Waals surface area contributed by atoms with Crippen LogP contribution in [0.3, 0.4) is 0 Å². The molecule has 1 aliphatic heterocycles. The Kier molecular flexibility index (Phi) is 3.86. The number of rotatable bonds is 1. The van der Waals surface area contributed by atoms with Gasteiger partial charge in [0.05, 0.1) is 5.69 Å².